The zero-order valence-electron chi connectivity index (χ0n) is 32.7. The van der Waals surface area contributed by atoms with Gasteiger partial charge in [-0.15, -0.1) is 10.2 Å². The first kappa shape index (κ1) is 38.8. The molecule has 4 fully saturated rings. The van der Waals surface area contributed by atoms with Crippen LogP contribution in [0.3, 0.4) is 0 Å². The third-order valence-electron chi connectivity index (χ3n) is 10.6. The lowest BCUT2D eigenvalue weighted by atomic mass is 9.39. The van der Waals surface area contributed by atoms with Gasteiger partial charge in [-0.2, -0.15) is 5.10 Å². The van der Waals surface area contributed by atoms with Gasteiger partial charge in [-0.05, 0) is 134 Å². The van der Waals surface area contributed by atoms with Gasteiger partial charge in [-0.25, -0.2) is 14.6 Å². The normalized spacial score (nSPS) is 26.4. The molecular weight excluding hydrogens is 696 g/mol. The fraction of sp³-hybridized carbons (Fsp3) is 0.625. The Bertz CT molecular complexity index is 1930. The lowest BCUT2D eigenvalue weighted by Gasteiger charge is -2.69. The van der Waals surface area contributed by atoms with Crippen LogP contribution in [0.4, 0.5) is 4.79 Å². The van der Waals surface area contributed by atoms with E-state index < -0.39 is 29.0 Å². The van der Waals surface area contributed by atoms with Crippen LogP contribution in [0.15, 0.2) is 24.4 Å². The standard InChI is InChI=1S/C40H53ClN6O6/c1-24-15-29(45-46-32(24)41)31(48)28-12-11-26(30(44-28)33(49)52-35(3,4)5)27-16-43-47(25(27)2)23-39-18-37(9)17-38(10,19-39)21-40(20-37,22-39)51-14-13-42-34(50)53-36(6,7)8/h11-12,15-16H,13-14,17-23H2,1-10H3,(H,42,50). The molecular formula is C40H53ClN6O6. The second-order valence-corrected chi connectivity index (χ2v) is 18.9. The van der Waals surface area contributed by atoms with Gasteiger partial charge in [-0.3, -0.25) is 9.48 Å². The van der Waals surface area contributed by atoms with Gasteiger partial charge in [0.1, 0.15) is 22.6 Å². The summed E-state index contributed by atoms with van der Waals surface area (Å²) in [5, 5.41) is 15.8. The fourth-order valence-electron chi connectivity index (χ4n) is 10.1. The molecule has 2 atom stereocenters. The summed E-state index contributed by atoms with van der Waals surface area (Å²) in [4.78, 5) is 44.0. The molecule has 0 aromatic carbocycles. The average Bonchev–Trinajstić information content (AvgIpc) is 3.35. The Kier molecular flexibility index (Phi) is 9.84. The number of nitrogens with zero attached hydrogens (tertiary/aromatic N) is 5. The maximum absolute atomic E-state index is 13.7. The molecule has 13 heteroatoms. The van der Waals surface area contributed by atoms with Gasteiger partial charge in [0.2, 0.25) is 5.78 Å². The number of aromatic nitrogens is 5. The van der Waals surface area contributed by atoms with E-state index in [1.165, 1.54) is 0 Å². The number of rotatable bonds is 10. The minimum Gasteiger partial charge on any atom is -0.455 e. The molecule has 0 spiro atoms. The van der Waals surface area contributed by atoms with Gasteiger partial charge in [0, 0.05) is 29.9 Å². The predicted molar refractivity (Wildman–Crippen MR) is 200 cm³/mol. The number of hydrogen-bond acceptors (Lipinski definition) is 10. The molecule has 286 valence electrons. The monoisotopic (exact) mass is 748 g/mol. The van der Waals surface area contributed by atoms with Gasteiger partial charge in [0.05, 0.1) is 18.4 Å². The molecule has 2 unspecified atom stereocenters. The Morgan fingerprint density at radius 2 is 1.53 bits per heavy atom. The first-order chi connectivity index (χ1) is 24.5. The summed E-state index contributed by atoms with van der Waals surface area (Å²) in [7, 11) is 0. The number of carbonyl (C=O) groups excluding carboxylic acids is 3. The number of pyridine rings is 1. The molecule has 0 aliphatic heterocycles. The highest BCUT2D eigenvalue weighted by Crippen LogP contribution is 2.72. The molecule has 3 aromatic rings. The lowest BCUT2D eigenvalue weighted by Crippen LogP contribution is -2.64. The lowest BCUT2D eigenvalue weighted by molar-refractivity contribution is -0.247. The average molecular weight is 749 g/mol. The minimum atomic E-state index is -0.789. The topological polar surface area (TPSA) is 147 Å². The van der Waals surface area contributed by atoms with Crippen molar-refractivity contribution in [2.75, 3.05) is 13.2 Å². The molecule has 0 saturated heterocycles. The van der Waals surface area contributed by atoms with Crippen molar-refractivity contribution in [3.63, 3.8) is 0 Å². The van der Waals surface area contributed by atoms with Crippen molar-refractivity contribution in [2.24, 2.45) is 16.2 Å². The van der Waals surface area contributed by atoms with E-state index in [1.807, 2.05) is 27.7 Å². The van der Waals surface area contributed by atoms with Crippen LogP contribution in [-0.2, 0) is 20.8 Å². The predicted octanol–water partition coefficient (Wildman–Crippen LogP) is 7.85. The van der Waals surface area contributed by atoms with Crippen LogP contribution >= 0.6 is 11.6 Å². The Morgan fingerprint density at radius 1 is 0.868 bits per heavy atom. The number of amides is 1. The number of ether oxygens (including phenoxy) is 3. The second-order valence-electron chi connectivity index (χ2n) is 18.6. The van der Waals surface area contributed by atoms with Crippen molar-refractivity contribution in [2.45, 2.75) is 131 Å². The zero-order chi connectivity index (χ0) is 38.8. The summed E-state index contributed by atoms with van der Waals surface area (Å²) < 4.78 is 20.0. The minimum absolute atomic E-state index is 0.0224. The van der Waals surface area contributed by atoms with E-state index in [1.54, 1.807) is 52.1 Å². The van der Waals surface area contributed by atoms with Crippen molar-refractivity contribution in [3.05, 3.63) is 57.9 Å². The van der Waals surface area contributed by atoms with Crippen molar-refractivity contribution in [1.29, 1.82) is 0 Å². The number of alkyl carbamates (subject to hydrolysis) is 1. The Labute approximate surface area is 317 Å². The zero-order valence-corrected chi connectivity index (χ0v) is 33.5. The maximum atomic E-state index is 13.7. The highest BCUT2D eigenvalue weighted by atomic mass is 35.5. The number of esters is 1. The van der Waals surface area contributed by atoms with Crippen LogP contribution < -0.4 is 5.32 Å². The molecule has 4 aliphatic carbocycles. The van der Waals surface area contributed by atoms with Crippen molar-refractivity contribution < 1.29 is 28.6 Å². The Morgan fingerprint density at radius 3 is 2.15 bits per heavy atom. The first-order valence-electron chi connectivity index (χ1n) is 18.4. The van der Waals surface area contributed by atoms with Crippen LogP contribution in [0.5, 0.6) is 0 Å². The highest BCUT2D eigenvalue weighted by Gasteiger charge is 2.66. The highest BCUT2D eigenvalue weighted by molar-refractivity contribution is 6.30. The van der Waals surface area contributed by atoms with Gasteiger partial charge in [0.15, 0.2) is 10.8 Å². The number of hydrogen-bond donors (Lipinski definition) is 1. The van der Waals surface area contributed by atoms with Crippen molar-refractivity contribution >= 4 is 29.4 Å². The van der Waals surface area contributed by atoms with E-state index in [0.29, 0.717) is 30.8 Å². The first-order valence-corrected chi connectivity index (χ1v) is 18.8. The van der Waals surface area contributed by atoms with Crippen LogP contribution in [0.1, 0.15) is 132 Å². The van der Waals surface area contributed by atoms with E-state index in [-0.39, 0.29) is 44.1 Å². The third kappa shape index (κ3) is 8.43. The molecule has 3 heterocycles. The molecule has 4 bridgehead atoms. The van der Waals surface area contributed by atoms with E-state index in [0.717, 1.165) is 49.8 Å². The van der Waals surface area contributed by atoms with Gasteiger partial charge < -0.3 is 19.5 Å². The molecule has 7 rings (SSSR count). The molecule has 1 amide bonds. The fourth-order valence-corrected chi connectivity index (χ4v) is 10.2. The summed E-state index contributed by atoms with van der Waals surface area (Å²) >= 11 is 6.04. The smallest absolute Gasteiger partial charge is 0.407 e. The summed E-state index contributed by atoms with van der Waals surface area (Å²) in [6.45, 7) is 20.9. The number of ketones is 1. The summed E-state index contributed by atoms with van der Waals surface area (Å²) in [5.41, 5.74) is 1.44. The van der Waals surface area contributed by atoms with Crippen LogP contribution in [0.2, 0.25) is 5.15 Å². The Hall–Kier alpha value is -3.90. The third-order valence-corrected chi connectivity index (χ3v) is 11.0. The molecule has 0 radical (unpaired) electrons. The second kappa shape index (κ2) is 13.4. The molecule has 3 aromatic heterocycles. The van der Waals surface area contributed by atoms with E-state index in [9.17, 15) is 14.4 Å². The summed E-state index contributed by atoms with van der Waals surface area (Å²) in [6.07, 6.45) is 7.51. The van der Waals surface area contributed by atoms with Gasteiger partial charge in [-0.1, -0.05) is 25.4 Å². The number of aryl methyl sites for hydroxylation is 1. The number of nitrogens with one attached hydrogen (secondary N) is 1. The molecule has 1 N–H and O–H groups in total. The molecule has 53 heavy (non-hydrogen) atoms. The summed E-state index contributed by atoms with van der Waals surface area (Å²) in [6, 6.07) is 4.87. The van der Waals surface area contributed by atoms with Crippen molar-refractivity contribution in [3.8, 4) is 11.1 Å². The van der Waals surface area contributed by atoms with Gasteiger partial charge >= 0.3 is 12.1 Å². The molecule has 12 nitrogen and oxygen atoms in total. The van der Waals surface area contributed by atoms with Crippen LogP contribution in [0.25, 0.3) is 11.1 Å². The molecule has 4 aliphatic rings. The van der Waals surface area contributed by atoms with Crippen LogP contribution in [-0.4, -0.2) is 72.8 Å². The van der Waals surface area contributed by atoms with Crippen molar-refractivity contribution in [1.82, 2.24) is 30.3 Å². The summed E-state index contributed by atoms with van der Waals surface area (Å²) in [5.74, 6) is -1.13. The number of carbonyl (C=O) groups is 3. The SMILES string of the molecule is Cc1cc(C(=O)c2ccc(-c3cnn(CC45CC6(C)CC(C)(C4)CC(OCCNC(=O)OC(C)(C)C)(C6)C5)c3C)c(C(=O)OC(C)(C)C)n2)nnc1Cl. The Balaban J connectivity index is 1.27. The van der Waals surface area contributed by atoms with E-state index in [4.69, 9.17) is 30.9 Å². The van der Waals surface area contributed by atoms with Gasteiger partial charge in [0.25, 0.3) is 0 Å². The number of halogens is 1. The van der Waals surface area contributed by atoms with Crippen LogP contribution in [0, 0.1) is 30.1 Å². The van der Waals surface area contributed by atoms with E-state index in [2.05, 4.69) is 39.0 Å². The molecule has 4 saturated carbocycles. The van der Waals surface area contributed by atoms with E-state index >= 15 is 0 Å². The quantitative estimate of drug-likeness (QED) is 0.123. The largest absolute Gasteiger partial charge is 0.455 e. The maximum Gasteiger partial charge on any atom is 0.407 e.